The average molecular weight is 481 g/mol. The molecule has 180 valence electrons. The number of pyridine rings is 2. The van der Waals surface area contributed by atoms with Gasteiger partial charge in [-0.15, -0.1) is 0 Å². The lowest BCUT2D eigenvalue weighted by Gasteiger charge is -2.13. The minimum absolute atomic E-state index is 0.106. The molecule has 0 aliphatic carbocycles. The van der Waals surface area contributed by atoms with Gasteiger partial charge in [-0.05, 0) is 41.8 Å². The molecule has 0 saturated carbocycles. The Balaban J connectivity index is 1.53. The molecule has 0 unspecified atom stereocenters. The maximum absolute atomic E-state index is 13.0. The second-order valence-electron chi connectivity index (χ2n) is 8.23. The van der Waals surface area contributed by atoms with Gasteiger partial charge in [-0.1, -0.05) is 32.0 Å². The summed E-state index contributed by atoms with van der Waals surface area (Å²) in [6.07, 6.45) is -0.672. The maximum Gasteiger partial charge on any atom is 0.417 e. The molecule has 1 aromatic carbocycles. The van der Waals surface area contributed by atoms with Gasteiger partial charge >= 0.3 is 6.18 Å². The Morgan fingerprint density at radius 1 is 1.03 bits per heavy atom. The number of carbonyl (C=O) groups excluding carboxylic acids is 1. The fraction of sp³-hybridized carbons (Fsp3) is 0.200. The number of alkyl halides is 3. The van der Waals surface area contributed by atoms with E-state index in [1.165, 1.54) is 23.0 Å². The van der Waals surface area contributed by atoms with Gasteiger partial charge < -0.3 is 9.88 Å². The third kappa shape index (κ3) is 5.32. The molecule has 0 bridgehead atoms. The summed E-state index contributed by atoms with van der Waals surface area (Å²) in [6.45, 7) is 4.11. The molecule has 0 saturated heterocycles. The van der Waals surface area contributed by atoms with Gasteiger partial charge in [0, 0.05) is 24.1 Å². The fourth-order valence-electron chi connectivity index (χ4n) is 3.63. The average Bonchev–Trinajstić information content (AvgIpc) is 3.27. The van der Waals surface area contributed by atoms with Crippen molar-refractivity contribution in [3.63, 3.8) is 0 Å². The van der Waals surface area contributed by atoms with Gasteiger partial charge in [0.1, 0.15) is 0 Å². The molecule has 0 aliphatic rings. The normalized spacial score (nSPS) is 11.6. The van der Waals surface area contributed by atoms with Crippen LogP contribution in [0.4, 0.5) is 18.9 Å². The Kier molecular flexibility index (Phi) is 6.54. The number of rotatable bonds is 6. The molecule has 35 heavy (non-hydrogen) atoms. The number of benzene rings is 1. The molecular formula is C25H22F3N5O2. The largest absolute Gasteiger partial charge is 0.417 e. The highest BCUT2D eigenvalue weighted by Crippen LogP contribution is 2.29. The molecule has 3 heterocycles. The molecule has 0 fully saturated rings. The first kappa shape index (κ1) is 23.9. The van der Waals surface area contributed by atoms with Crippen molar-refractivity contribution < 1.29 is 18.0 Å². The second-order valence-corrected chi connectivity index (χ2v) is 8.23. The highest BCUT2D eigenvalue weighted by Gasteiger charge is 2.31. The third-order valence-electron chi connectivity index (χ3n) is 5.35. The summed E-state index contributed by atoms with van der Waals surface area (Å²) in [5.74, 6) is -0.381. The van der Waals surface area contributed by atoms with Crippen LogP contribution in [0.2, 0.25) is 0 Å². The molecule has 3 aromatic heterocycles. The predicted molar refractivity (Wildman–Crippen MR) is 125 cm³/mol. The van der Waals surface area contributed by atoms with Crippen molar-refractivity contribution in [3.8, 4) is 5.82 Å². The number of hydrogen-bond acceptors (Lipinski definition) is 4. The van der Waals surface area contributed by atoms with Crippen LogP contribution in [0.25, 0.3) is 5.82 Å². The lowest BCUT2D eigenvalue weighted by atomic mass is 10.1. The van der Waals surface area contributed by atoms with Crippen LogP contribution < -0.4 is 10.9 Å². The Morgan fingerprint density at radius 2 is 1.77 bits per heavy atom. The molecule has 10 heteroatoms. The van der Waals surface area contributed by atoms with Crippen molar-refractivity contribution in [2.45, 2.75) is 32.5 Å². The molecule has 1 amide bonds. The van der Waals surface area contributed by atoms with Gasteiger partial charge in [0.25, 0.3) is 11.5 Å². The van der Waals surface area contributed by atoms with E-state index in [9.17, 15) is 22.8 Å². The van der Waals surface area contributed by atoms with Gasteiger partial charge in [0.15, 0.2) is 5.82 Å². The third-order valence-corrected chi connectivity index (χ3v) is 5.35. The zero-order valence-electron chi connectivity index (χ0n) is 19.0. The van der Waals surface area contributed by atoms with Gasteiger partial charge in [-0.25, -0.2) is 9.67 Å². The smallest absolute Gasteiger partial charge is 0.322 e. The Bertz CT molecular complexity index is 1390. The molecule has 1 N–H and O–H groups in total. The van der Waals surface area contributed by atoms with Crippen LogP contribution in [-0.2, 0) is 12.7 Å². The first-order chi connectivity index (χ1) is 16.6. The number of carbonyl (C=O) groups is 1. The summed E-state index contributed by atoms with van der Waals surface area (Å²) >= 11 is 0. The van der Waals surface area contributed by atoms with Crippen LogP contribution in [0.1, 0.15) is 46.9 Å². The van der Waals surface area contributed by atoms with Crippen molar-refractivity contribution in [1.82, 2.24) is 19.3 Å². The van der Waals surface area contributed by atoms with E-state index in [1.54, 1.807) is 35.0 Å². The van der Waals surface area contributed by atoms with E-state index in [1.807, 2.05) is 26.0 Å². The number of halogens is 3. The number of nitrogens with one attached hydrogen (secondary N) is 1. The summed E-state index contributed by atoms with van der Waals surface area (Å²) in [5, 5.41) is 7.03. The highest BCUT2D eigenvalue weighted by atomic mass is 19.4. The molecule has 4 rings (SSSR count). The van der Waals surface area contributed by atoms with E-state index in [2.05, 4.69) is 15.4 Å². The van der Waals surface area contributed by atoms with Crippen LogP contribution in [0, 0.1) is 0 Å². The molecule has 0 spiro atoms. The number of anilines is 1. The van der Waals surface area contributed by atoms with E-state index < -0.39 is 17.6 Å². The van der Waals surface area contributed by atoms with Crippen LogP contribution in [0.15, 0.2) is 78.0 Å². The lowest BCUT2D eigenvalue weighted by molar-refractivity contribution is -0.137. The van der Waals surface area contributed by atoms with E-state index in [-0.39, 0.29) is 17.3 Å². The standard InChI is InChI=1S/C25H22F3N5O2/c1-16(2)23-20(14-30-33(23)21-11-8-18(13-29-21)25(26,27)28)24(35)31-19-9-6-17(7-10-19)15-32-12-4-3-5-22(32)34/h3-14,16H,15H2,1-2H3,(H,31,35). The number of amides is 1. The molecule has 0 atom stereocenters. The topological polar surface area (TPSA) is 81.8 Å². The second kappa shape index (κ2) is 9.57. The first-order valence-electron chi connectivity index (χ1n) is 10.8. The Morgan fingerprint density at radius 3 is 2.37 bits per heavy atom. The van der Waals surface area contributed by atoms with Gasteiger partial charge in [-0.2, -0.15) is 18.3 Å². The Labute approximate surface area is 198 Å². The zero-order valence-corrected chi connectivity index (χ0v) is 19.0. The van der Waals surface area contributed by atoms with Crippen LogP contribution in [0.3, 0.4) is 0 Å². The van der Waals surface area contributed by atoms with E-state index in [0.29, 0.717) is 23.5 Å². The summed E-state index contributed by atoms with van der Waals surface area (Å²) in [6, 6.07) is 14.2. The molecule has 7 nitrogen and oxygen atoms in total. The van der Waals surface area contributed by atoms with E-state index in [0.717, 1.165) is 17.8 Å². The van der Waals surface area contributed by atoms with Crippen LogP contribution >= 0.6 is 0 Å². The van der Waals surface area contributed by atoms with Crippen molar-refractivity contribution in [3.05, 3.63) is 106 Å². The highest BCUT2D eigenvalue weighted by molar-refractivity contribution is 6.05. The summed E-state index contributed by atoms with van der Waals surface area (Å²) in [5.41, 5.74) is 1.29. The van der Waals surface area contributed by atoms with Gasteiger partial charge in [0.05, 0.1) is 29.6 Å². The molecule has 0 radical (unpaired) electrons. The molecular weight excluding hydrogens is 459 g/mol. The van der Waals surface area contributed by atoms with Crippen molar-refractivity contribution in [1.29, 1.82) is 0 Å². The first-order valence-corrected chi connectivity index (χ1v) is 10.8. The predicted octanol–water partition coefficient (Wildman–Crippen LogP) is 4.87. The van der Waals surface area contributed by atoms with Crippen molar-refractivity contribution in [2.75, 3.05) is 5.32 Å². The summed E-state index contributed by atoms with van der Waals surface area (Å²) in [4.78, 5) is 28.8. The van der Waals surface area contributed by atoms with Gasteiger partial charge in [-0.3, -0.25) is 9.59 Å². The minimum Gasteiger partial charge on any atom is -0.322 e. The van der Waals surface area contributed by atoms with E-state index in [4.69, 9.17) is 0 Å². The minimum atomic E-state index is -4.49. The zero-order chi connectivity index (χ0) is 25.2. The van der Waals surface area contributed by atoms with Crippen molar-refractivity contribution in [2.24, 2.45) is 0 Å². The SMILES string of the molecule is CC(C)c1c(C(=O)Nc2ccc(Cn3ccccc3=O)cc2)cnn1-c1ccc(C(F)(F)F)cn1. The fourth-order valence-corrected chi connectivity index (χ4v) is 3.63. The number of nitrogens with zero attached hydrogens (tertiary/aromatic N) is 4. The molecule has 4 aromatic rings. The Hall–Kier alpha value is -4.21. The maximum atomic E-state index is 13.0. The summed E-state index contributed by atoms with van der Waals surface area (Å²) < 4.78 is 41.6. The van der Waals surface area contributed by atoms with Crippen molar-refractivity contribution >= 4 is 11.6 Å². The van der Waals surface area contributed by atoms with E-state index >= 15 is 0 Å². The van der Waals surface area contributed by atoms with Crippen LogP contribution in [0.5, 0.6) is 0 Å². The quantitative estimate of drug-likeness (QED) is 0.426. The number of hydrogen-bond donors (Lipinski definition) is 1. The van der Waals surface area contributed by atoms with Gasteiger partial charge in [0.2, 0.25) is 0 Å². The van der Waals surface area contributed by atoms with Crippen LogP contribution in [-0.4, -0.2) is 25.2 Å². The summed E-state index contributed by atoms with van der Waals surface area (Å²) in [7, 11) is 0. The lowest BCUT2D eigenvalue weighted by Crippen LogP contribution is -2.18. The monoisotopic (exact) mass is 481 g/mol. The molecule has 0 aliphatic heterocycles. The number of aromatic nitrogens is 4.